The van der Waals surface area contributed by atoms with Crippen molar-refractivity contribution in [1.82, 2.24) is 5.32 Å². The van der Waals surface area contributed by atoms with Crippen LogP contribution in [0.4, 0.5) is 0 Å². The Balaban J connectivity index is 2.35. The molecule has 0 amide bonds. The third-order valence-electron chi connectivity index (χ3n) is 1.36. The maximum atomic E-state index is 10.1. The van der Waals surface area contributed by atoms with Crippen molar-refractivity contribution in [3.8, 4) is 0 Å². The summed E-state index contributed by atoms with van der Waals surface area (Å²) >= 11 is 0. The van der Waals surface area contributed by atoms with E-state index in [1.165, 1.54) is 0 Å². The van der Waals surface area contributed by atoms with Gasteiger partial charge in [0.1, 0.15) is 6.04 Å². The minimum absolute atomic E-state index is 0.269. The molecular formula is C5H9NO2. The molecule has 0 bridgehead atoms. The predicted octanol–water partition coefficient (Wildman–Crippen LogP) is -0.177. The van der Waals surface area contributed by atoms with E-state index in [2.05, 4.69) is 5.32 Å². The van der Waals surface area contributed by atoms with E-state index in [9.17, 15) is 4.79 Å². The lowest BCUT2D eigenvalue weighted by atomic mass is 9.93. The third-order valence-corrected chi connectivity index (χ3v) is 1.36. The highest BCUT2D eigenvalue weighted by Crippen LogP contribution is 2.03. The normalized spacial score (nSPS) is 28.2. The Bertz CT molecular complexity index is 96.6. The number of aliphatic carboxylic acids is 1. The first-order valence-corrected chi connectivity index (χ1v) is 2.77. The maximum Gasteiger partial charge on any atom is 0.320 e. The molecular weight excluding hydrogens is 105 g/mol. The molecule has 1 saturated heterocycles. The van der Waals surface area contributed by atoms with Crippen LogP contribution >= 0.6 is 0 Å². The van der Waals surface area contributed by atoms with Crippen LogP contribution in [0.1, 0.15) is 12.8 Å². The molecule has 1 fully saturated rings. The molecule has 1 atom stereocenters. The van der Waals surface area contributed by atoms with Crippen molar-refractivity contribution in [2.45, 2.75) is 18.9 Å². The Morgan fingerprint density at radius 3 is 2.75 bits per heavy atom. The van der Waals surface area contributed by atoms with Crippen LogP contribution in [-0.2, 0) is 4.79 Å². The van der Waals surface area contributed by atoms with Crippen molar-refractivity contribution >= 4 is 5.97 Å². The molecule has 2 N–H and O–H groups in total. The average Bonchev–Trinajstić information content (AvgIpc) is 2.12. The lowest BCUT2D eigenvalue weighted by molar-refractivity contribution is -0.139. The molecule has 8 heavy (non-hydrogen) atoms. The number of carbonyl (C=O) groups is 1. The molecule has 1 unspecified atom stereocenters. The van der Waals surface area contributed by atoms with Crippen LogP contribution in [0.15, 0.2) is 0 Å². The van der Waals surface area contributed by atoms with Crippen LogP contribution in [0, 0.1) is 0 Å². The van der Waals surface area contributed by atoms with Crippen molar-refractivity contribution in [3.63, 3.8) is 0 Å². The number of nitrogens with one attached hydrogen (secondary N) is 1. The molecule has 0 spiro atoms. The number of carboxylic acid groups (broad SMARTS) is 1. The highest BCUT2D eigenvalue weighted by molar-refractivity contribution is 5.73. The number of hydrogen-bond acceptors (Lipinski definition) is 2. The summed E-state index contributed by atoms with van der Waals surface area (Å²) in [5, 5.41) is 11.2. The predicted molar refractivity (Wildman–Crippen MR) is 28.7 cm³/mol. The number of rotatable bonds is 1. The van der Waals surface area contributed by atoms with Gasteiger partial charge in [-0.3, -0.25) is 4.79 Å². The SMILES string of the molecule is O=[11C](O)C1CCCN1. The van der Waals surface area contributed by atoms with Crippen molar-refractivity contribution in [2.75, 3.05) is 6.54 Å². The Morgan fingerprint density at radius 2 is 2.50 bits per heavy atom. The molecule has 0 aromatic heterocycles. The monoisotopic (exact) mass is 114 g/mol. The van der Waals surface area contributed by atoms with Crippen molar-refractivity contribution < 1.29 is 9.90 Å². The second-order valence-electron chi connectivity index (χ2n) is 1.99. The zero-order chi connectivity index (χ0) is 5.98. The maximum absolute atomic E-state index is 10.1. The van der Waals surface area contributed by atoms with Crippen LogP contribution in [0.25, 0.3) is 0 Å². The Labute approximate surface area is 47.7 Å². The van der Waals surface area contributed by atoms with Gasteiger partial charge in [0.2, 0.25) is 0 Å². The summed E-state index contributed by atoms with van der Waals surface area (Å²) in [5.41, 5.74) is 0. The fourth-order valence-corrected chi connectivity index (χ4v) is 0.895. The Kier molecular flexibility index (Phi) is 1.48. The van der Waals surface area contributed by atoms with E-state index in [0.717, 1.165) is 19.4 Å². The van der Waals surface area contributed by atoms with Gasteiger partial charge in [-0.05, 0) is 19.4 Å². The van der Waals surface area contributed by atoms with Gasteiger partial charge in [0.15, 0.2) is 0 Å². The van der Waals surface area contributed by atoms with E-state index in [4.69, 9.17) is 5.11 Å². The lowest BCUT2D eigenvalue weighted by Gasteiger charge is -1.99. The summed E-state index contributed by atoms with van der Waals surface area (Å²) in [6.45, 7) is 0.858. The molecule has 1 aliphatic rings. The first kappa shape index (κ1) is 5.56. The van der Waals surface area contributed by atoms with Gasteiger partial charge in [-0.2, -0.15) is 0 Å². The van der Waals surface area contributed by atoms with Gasteiger partial charge in [0.25, 0.3) is 0 Å². The molecule has 1 heterocycles. The highest BCUT2D eigenvalue weighted by Gasteiger charge is 2.20. The van der Waals surface area contributed by atoms with Crippen LogP contribution in [-0.4, -0.2) is 23.7 Å². The van der Waals surface area contributed by atoms with Gasteiger partial charge in [0.05, 0.1) is 0 Å². The molecule has 1 rings (SSSR count). The molecule has 0 aliphatic carbocycles. The standard InChI is InChI=1S/C5H9NO2/c7-5(8)4-2-1-3-6-4/h4,6H,1-3H2,(H,7,8)/i5-1. The van der Waals surface area contributed by atoms with Crippen LogP contribution in [0.2, 0.25) is 0 Å². The van der Waals surface area contributed by atoms with E-state index < -0.39 is 5.97 Å². The zero-order valence-electron chi connectivity index (χ0n) is 4.55. The first-order chi connectivity index (χ1) is 3.80. The topological polar surface area (TPSA) is 49.3 Å². The molecule has 46 valence electrons. The van der Waals surface area contributed by atoms with Gasteiger partial charge < -0.3 is 10.4 Å². The molecule has 1 aliphatic heterocycles. The number of carboxylic acids is 1. The molecule has 3 nitrogen and oxygen atoms in total. The van der Waals surface area contributed by atoms with Gasteiger partial charge in [-0.15, -0.1) is 0 Å². The van der Waals surface area contributed by atoms with Crippen LogP contribution in [0.3, 0.4) is 0 Å². The number of hydrogen-bond donors (Lipinski definition) is 2. The summed E-state index contributed by atoms with van der Waals surface area (Å²) in [6, 6.07) is -0.269. The van der Waals surface area contributed by atoms with Crippen LogP contribution < -0.4 is 5.32 Å². The van der Waals surface area contributed by atoms with E-state index in [0.29, 0.717) is 0 Å². The zero-order valence-corrected chi connectivity index (χ0v) is 4.55. The lowest BCUT2D eigenvalue weighted by Crippen LogP contribution is -2.29. The average molecular weight is 114 g/mol. The van der Waals surface area contributed by atoms with Gasteiger partial charge in [-0.1, -0.05) is 0 Å². The molecule has 0 radical (unpaired) electrons. The van der Waals surface area contributed by atoms with Crippen LogP contribution in [0.5, 0.6) is 0 Å². The summed E-state index contributed by atoms with van der Waals surface area (Å²) in [7, 11) is 0. The van der Waals surface area contributed by atoms with Crippen molar-refractivity contribution in [2.24, 2.45) is 0 Å². The smallest absolute Gasteiger partial charge is 0.320 e. The fraction of sp³-hybridized carbons (Fsp3) is 0.800. The summed E-state index contributed by atoms with van der Waals surface area (Å²) in [6.07, 6.45) is 1.78. The molecule has 0 saturated carbocycles. The van der Waals surface area contributed by atoms with E-state index in [1.54, 1.807) is 0 Å². The summed E-state index contributed by atoms with van der Waals surface area (Å²) < 4.78 is 0. The molecule has 3 heteroatoms. The highest BCUT2D eigenvalue weighted by atomic mass is 16.3. The molecule has 0 aromatic rings. The Morgan fingerprint density at radius 1 is 1.75 bits per heavy atom. The molecule has 0 aromatic carbocycles. The quantitative estimate of drug-likeness (QED) is 0.497. The fourth-order valence-electron chi connectivity index (χ4n) is 0.895. The van der Waals surface area contributed by atoms with Gasteiger partial charge in [0, 0.05) is 0 Å². The van der Waals surface area contributed by atoms with Gasteiger partial charge in [-0.25, -0.2) is 0 Å². The minimum atomic E-state index is -0.720. The first-order valence-electron chi connectivity index (χ1n) is 2.77. The Hall–Kier alpha value is -0.570. The van der Waals surface area contributed by atoms with Crippen molar-refractivity contribution in [1.29, 1.82) is 0 Å². The second kappa shape index (κ2) is 2.13. The minimum Gasteiger partial charge on any atom is -0.480 e. The second-order valence-corrected chi connectivity index (χ2v) is 1.99. The van der Waals surface area contributed by atoms with E-state index in [1.807, 2.05) is 0 Å². The van der Waals surface area contributed by atoms with E-state index in [-0.39, 0.29) is 6.04 Å². The largest absolute Gasteiger partial charge is 0.480 e. The third kappa shape index (κ3) is 0.980. The summed E-state index contributed by atoms with van der Waals surface area (Å²) in [4.78, 5) is 10.1. The summed E-state index contributed by atoms with van der Waals surface area (Å²) in [5.74, 6) is -0.720. The van der Waals surface area contributed by atoms with Gasteiger partial charge >= 0.3 is 5.97 Å². The van der Waals surface area contributed by atoms with Crippen molar-refractivity contribution in [3.05, 3.63) is 0 Å². The van der Waals surface area contributed by atoms with E-state index >= 15 is 0 Å².